The molecule has 2 nitrogen and oxygen atoms in total. The highest BCUT2D eigenvalue weighted by atomic mass is 28.3. The molecule has 0 saturated carbocycles. The van der Waals surface area contributed by atoms with Gasteiger partial charge < -0.3 is 4.90 Å². The molecular weight excluding hydrogens is 266 g/mol. The van der Waals surface area contributed by atoms with E-state index in [1.165, 1.54) is 0 Å². The molecular formula is C15H31NOSi2. The summed E-state index contributed by atoms with van der Waals surface area (Å²) in [5, 5.41) is 0. The zero-order valence-electron chi connectivity index (χ0n) is 14.0. The Labute approximate surface area is 121 Å². The summed E-state index contributed by atoms with van der Waals surface area (Å²) < 4.78 is 0. The molecule has 4 heteroatoms. The van der Waals surface area contributed by atoms with Gasteiger partial charge in [-0.1, -0.05) is 56.8 Å². The van der Waals surface area contributed by atoms with Gasteiger partial charge >= 0.3 is 0 Å². The smallest absolute Gasteiger partial charge is 0.253 e. The summed E-state index contributed by atoms with van der Waals surface area (Å²) in [7, 11) is -2.67. The van der Waals surface area contributed by atoms with Gasteiger partial charge in [0.1, 0.15) is 0 Å². The van der Waals surface area contributed by atoms with Gasteiger partial charge in [-0.15, -0.1) is 0 Å². The van der Waals surface area contributed by atoms with Gasteiger partial charge in [0.25, 0.3) is 5.91 Å². The fourth-order valence-corrected chi connectivity index (χ4v) is 3.51. The highest BCUT2D eigenvalue weighted by Gasteiger charge is 2.19. The number of amides is 1. The highest BCUT2D eigenvalue weighted by Crippen LogP contribution is 2.13. The standard InChI is InChI=1S/C15H31NOSi2/c1-9-16(10-2)15(17)14(13-19(6,7)8)11-12-18(3,4)5/h11-13H,9-10H2,1-8H3. The first-order valence-corrected chi connectivity index (χ1v) is 14.4. The first-order chi connectivity index (χ1) is 8.50. The van der Waals surface area contributed by atoms with E-state index in [0.717, 1.165) is 18.7 Å². The van der Waals surface area contributed by atoms with E-state index in [9.17, 15) is 4.79 Å². The lowest BCUT2D eigenvalue weighted by Crippen LogP contribution is -2.33. The van der Waals surface area contributed by atoms with E-state index in [2.05, 4.69) is 56.8 Å². The van der Waals surface area contributed by atoms with Gasteiger partial charge in [0, 0.05) is 18.7 Å². The molecule has 0 spiro atoms. The summed E-state index contributed by atoms with van der Waals surface area (Å²) in [6.45, 7) is 19.3. The van der Waals surface area contributed by atoms with Crippen molar-refractivity contribution in [2.24, 2.45) is 0 Å². The van der Waals surface area contributed by atoms with Gasteiger partial charge in [-0.2, -0.15) is 0 Å². The molecule has 0 atom stereocenters. The monoisotopic (exact) mass is 297 g/mol. The van der Waals surface area contributed by atoms with Crippen molar-refractivity contribution in [2.75, 3.05) is 13.1 Å². The summed E-state index contributed by atoms with van der Waals surface area (Å²) in [6, 6.07) is 0. The second kappa shape index (κ2) is 7.24. The molecule has 0 unspecified atom stereocenters. The molecule has 0 heterocycles. The Kier molecular flexibility index (Phi) is 7.01. The third-order valence-corrected chi connectivity index (χ3v) is 4.99. The number of hydrogen-bond donors (Lipinski definition) is 0. The van der Waals surface area contributed by atoms with Crippen molar-refractivity contribution in [1.29, 1.82) is 0 Å². The molecule has 0 fully saturated rings. The third-order valence-electron chi connectivity index (χ3n) is 2.65. The van der Waals surface area contributed by atoms with Crippen molar-refractivity contribution >= 4 is 22.1 Å². The molecule has 1 amide bonds. The molecule has 0 bridgehead atoms. The average Bonchev–Trinajstić information content (AvgIpc) is 2.23. The normalized spacial score (nSPS) is 14.0. The number of nitrogens with zero attached hydrogens (tertiary/aromatic N) is 1. The molecule has 0 aromatic rings. The zero-order chi connectivity index (χ0) is 15.3. The van der Waals surface area contributed by atoms with Crippen molar-refractivity contribution in [1.82, 2.24) is 4.90 Å². The Bertz CT molecular complexity index is 355. The minimum atomic E-state index is -1.40. The van der Waals surface area contributed by atoms with Crippen LogP contribution in [0, 0.1) is 0 Å². The molecule has 0 aliphatic carbocycles. The lowest BCUT2D eigenvalue weighted by molar-refractivity contribution is -0.126. The van der Waals surface area contributed by atoms with Crippen LogP contribution in [0.2, 0.25) is 39.3 Å². The second-order valence-corrected chi connectivity index (χ2v) is 17.2. The maximum absolute atomic E-state index is 12.5. The Morgan fingerprint density at radius 2 is 1.42 bits per heavy atom. The van der Waals surface area contributed by atoms with Gasteiger partial charge in [-0.3, -0.25) is 4.79 Å². The van der Waals surface area contributed by atoms with Crippen LogP contribution in [0.25, 0.3) is 0 Å². The molecule has 0 saturated heterocycles. The summed E-state index contributed by atoms with van der Waals surface area (Å²) in [5.41, 5.74) is 5.38. The van der Waals surface area contributed by atoms with Crippen molar-refractivity contribution in [3.63, 3.8) is 0 Å². The SMILES string of the molecule is CCN(CC)C(=O)C(C=C[Si](C)(C)C)=C[Si](C)(C)C. The van der Waals surface area contributed by atoms with E-state index >= 15 is 0 Å². The highest BCUT2D eigenvalue weighted by molar-refractivity contribution is 6.82. The summed E-state index contributed by atoms with van der Waals surface area (Å²) >= 11 is 0. The van der Waals surface area contributed by atoms with Crippen molar-refractivity contribution in [3.8, 4) is 0 Å². The first-order valence-electron chi connectivity index (χ1n) is 7.21. The number of hydrogen-bond acceptors (Lipinski definition) is 1. The van der Waals surface area contributed by atoms with Crippen LogP contribution in [0.3, 0.4) is 0 Å². The van der Waals surface area contributed by atoms with Crippen LogP contribution in [0.15, 0.2) is 23.0 Å². The van der Waals surface area contributed by atoms with Gasteiger partial charge in [-0.05, 0) is 13.8 Å². The molecule has 19 heavy (non-hydrogen) atoms. The van der Waals surface area contributed by atoms with Crippen LogP contribution in [0.1, 0.15) is 13.8 Å². The average molecular weight is 298 g/mol. The van der Waals surface area contributed by atoms with Crippen LogP contribution in [0.4, 0.5) is 0 Å². The maximum Gasteiger partial charge on any atom is 0.253 e. The number of rotatable bonds is 6. The Balaban J connectivity index is 5.37. The van der Waals surface area contributed by atoms with Gasteiger partial charge in [0.05, 0.1) is 16.1 Å². The van der Waals surface area contributed by atoms with Gasteiger partial charge in [0.15, 0.2) is 0 Å². The fourth-order valence-electron chi connectivity index (χ4n) is 1.68. The van der Waals surface area contributed by atoms with E-state index in [4.69, 9.17) is 0 Å². The molecule has 0 aromatic carbocycles. The van der Waals surface area contributed by atoms with Crippen LogP contribution in [-0.4, -0.2) is 40.0 Å². The molecule has 0 aliphatic rings. The van der Waals surface area contributed by atoms with E-state index in [-0.39, 0.29) is 5.91 Å². The largest absolute Gasteiger partial charge is 0.339 e. The predicted molar refractivity (Wildman–Crippen MR) is 91.8 cm³/mol. The summed E-state index contributed by atoms with van der Waals surface area (Å²) in [6.07, 6.45) is 2.07. The number of carbonyl (C=O) groups is 1. The van der Waals surface area contributed by atoms with Crippen LogP contribution >= 0.6 is 0 Å². The minimum Gasteiger partial charge on any atom is -0.339 e. The molecule has 0 aromatic heterocycles. The molecule has 110 valence electrons. The topological polar surface area (TPSA) is 20.3 Å². The van der Waals surface area contributed by atoms with E-state index < -0.39 is 16.1 Å². The molecule has 0 rings (SSSR count). The van der Waals surface area contributed by atoms with Gasteiger partial charge in [-0.25, -0.2) is 0 Å². The van der Waals surface area contributed by atoms with Crippen LogP contribution in [-0.2, 0) is 4.79 Å². The van der Waals surface area contributed by atoms with Crippen molar-refractivity contribution < 1.29 is 4.79 Å². The van der Waals surface area contributed by atoms with Crippen molar-refractivity contribution in [2.45, 2.75) is 53.1 Å². The van der Waals surface area contributed by atoms with Crippen LogP contribution < -0.4 is 0 Å². The quantitative estimate of drug-likeness (QED) is 0.411. The second-order valence-electron chi connectivity index (χ2n) is 7.14. The molecule has 0 N–H and O–H groups in total. The van der Waals surface area contributed by atoms with E-state index in [1.807, 2.05) is 18.7 Å². The van der Waals surface area contributed by atoms with Gasteiger partial charge in [0.2, 0.25) is 0 Å². The zero-order valence-corrected chi connectivity index (χ0v) is 16.0. The summed E-state index contributed by atoms with van der Waals surface area (Å²) in [5.74, 6) is 0.182. The number of likely N-dealkylation sites (N-methyl/N-ethyl adjacent to an activating group) is 1. The predicted octanol–water partition coefficient (Wildman–Crippen LogP) is 4.09. The maximum atomic E-state index is 12.5. The summed E-state index contributed by atoms with van der Waals surface area (Å²) in [4.78, 5) is 14.4. The Hall–Kier alpha value is -0.616. The number of carbonyl (C=O) groups excluding carboxylic acids is 1. The lowest BCUT2D eigenvalue weighted by Gasteiger charge is -2.21. The Morgan fingerprint density at radius 3 is 1.74 bits per heavy atom. The fraction of sp³-hybridized carbons (Fsp3) is 0.667. The molecule has 0 aliphatic heterocycles. The van der Waals surface area contributed by atoms with E-state index in [1.54, 1.807) is 0 Å². The minimum absolute atomic E-state index is 0.182. The Morgan fingerprint density at radius 1 is 0.947 bits per heavy atom. The van der Waals surface area contributed by atoms with Crippen molar-refractivity contribution in [3.05, 3.63) is 23.0 Å². The first kappa shape index (κ1) is 18.4. The molecule has 0 radical (unpaired) electrons. The van der Waals surface area contributed by atoms with Crippen LogP contribution in [0.5, 0.6) is 0 Å². The third kappa shape index (κ3) is 8.21. The van der Waals surface area contributed by atoms with E-state index in [0.29, 0.717) is 0 Å². The lowest BCUT2D eigenvalue weighted by atomic mass is 10.2.